The standard InChI is InChI=1S/C16H23NO3/c1-17(14(18)16(2-3-16)15(19)20)13-11-5-9-4-10(7-11)8-12(13)6-9/h9-13H,2-8H2,1H3,(H,19,20). The summed E-state index contributed by atoms with van der Waals surface area (Å²) < 4.78 is 0. The first-order valence-electron chi connectivity index (χ1n) is 8.02. The molecule has 4 bridgehead atoms. The third-order valence-corrected chi connectivity index (χ3v) is 6.51. The Morgan fingerprint density at radius 1 is 1.00 bits per heavy atom. The summed E-state index contributed by atoms with van der Waals surface area (Å²) in [6.07, 6.45) is 7.49. The van der Waals surface area contributed by atoms with Gasteiger partial charge in [0.2, 0.25) is 5.91 Å². The van der Waals surface area contributed by atoms with Gasteiger partial charge in [-0.25, -0.2) is 0 Å². The quantitative estimate of drug-likeness (QED) is 0.804. The molecule has 0 heterocycles. The number of nitrogens with zero attached hydrogens (tertiary/aromatic N) is 1. The fourth-order valence-corrected chi connectivity index (χ4v) is 5.65. The Bertz CT molecular complexity index is 440. The molecule has 5 saturated carbocycles. The van der Waals surface area contributed by atoms with E-state index in [1.807, 2.05) is 11.9 Å². The summed E-state index contributed by atoms with van der Waals surface area (Å²) in [5, 5.41) is 9.33. The van der Waals surface area contributed by atoms with Crippen molar-refractivity contribution in [1.29, 1.82) is 0 Å². The lowest BCUT2D eigenvalue weighted by atomic mass is 9.54. The van der Waals surface area contributed by atoms with Crippen LogP contribution < -0.4 is 0 Å². The number of rotatable bonds is 3. The Morgan fingerprint density at radius 2 is 1.50 bits per heavy atom. The number of carboxylic acid groups (broad SMARTS) is 1. The number of carboxylic acids is 1. The van der Waals surface area contributed by atoms with Crippen LogP contribution in [0.2, 0.25) is 0 Å². The third kappa shape index (κ3) is 1.60. The van der Waals surface area contributed by atoms with Gasteiger partial charge in [0.05, 0.1) is 0 Å². The molecule has 1 N–H and O–H groups in total. The second-order valence-corrected chi connectivity index (χ2v) is 7.72. The monoisotopic (exact) mass is 277 g/mol. The number of carbonyl (C=O) groups is 2. The predicted molar refractivity (Wildman–Crippen MR) is 72.9 cm³/mol. The minimum Gasteiger partial charge on any atom is -0.480 e. The smallest absolute Gasteiger partial charge is 0.319 e. The van der Waals surface area contributed by atoms with E-state index in [0.29, 0.717) is 30.7 Å². The minimum atomic E-state index is -1.07. The van der Waals surface area contributed by atoms with Crippen LogP contribution in [0.5, 0.6) is 0 Å². The van der Waals surface area contributed by atoms with Gasteiger partial charge in [-0.3, -0.25) is 9.59 Å². The molecule has 110 valence electrons. The summed E-state index contributed by atoms with van der Waals surface area (Å²) in [6.45, 7) is 0. The third-order valence-electron chi connectivity index (χ3n) is 6.51. The van der Waals surface area contributed by atoms with E-state index < -0.39 is 11.4 Å². The van der Waals surface area contributed by atoms with Crippen LogP contribution in [0, 0.1) is 29.1 Å². The maximum atomic E-state index is 12.6. The first kappa shape index (κ1) is 12.7. The number of aliphatic carboxylic acids is 1. The summed E-state index contributed by atoms with van der Waals surface area (Å²) >= 11 is 0. The van der Waals surface area contributed by atoms with Crippen LogP contribution in [0.3, 0.4) is 0 Å². The number of carbonyl (C=O) groups excluding carboxylic acids is 1. The molecule has 0 aromatic rings. The van der Waals surface area contributed by atoms with Gasteiger partial charge in [-0.15, -0.1) is 0 Å². The van der Waals surface area contributed by atoms with Crippen molar-refractivity contribution >= 4 is 11.9 Å². The van der Waals surface area contributed by atoms with Crippen molar-refractivity contribution in [2.75, 3.05) is 7.05 Å². The van der Waals surface area contributed by atoms with Crippen LogP contribution in [0.25, 0.3) is 0 Å². The topological polar surface area (TPSA) is 57.6 Å². The van der Waals surface area contributed by atoms with Crippen LogP contribution in [0.15, 0.2) is 0 Å². The summed E-state index contributed by atoms with van der Waals surface area (Å²) in [5.74, 6) is 1.98. The molecule has 4 nitrogen and oxygen atoms in total. The molecule has 0 atom stereocenters. The zero-order chi connectivity index (χ0) is 14.1. The van der Waals surface area contributed by atoms with Gasteiger partial charge in [0.15, 0.2) is 0 Å². The molecule has 0 spiro atoms. The van der Waals surface area contributed by atoms with Crippen molar-refractivity contribution in [3.05, 3.63) is 0 Å². The number of amides is 1. The predicted octanol–water partition coefficient (Wildman–Crippen LogP) is 2.13. The molecule has 5 rings (SSSR count). The average molecular weight is 277 g/mol. The molecular weight excluding hydrogens is 254 g/mol. The Hall–Kier alpha value is -1.06. The minimum absolute atomic E-state index is 0.123. The van der Waals surface area contributed by atoms with E-state index in [1.165, 1.54) is 32.1 Å². The van der Waals surface area contributed by atoms with Gasteiger partial charge < -0.3 is 10.0 Å². The van der Waals surface area contributed by atoms with Crippen molar-refractivity contribution in [3.8, 4) is 0 Å². The highest BCUT2D eigenvalue weighted by molar-refractivity contribution is 6.04. The highest BCUT2D eigenvalue weighted by Gasteiger charge is 2.60. The van der Waals surface area contributed by atoms with Gasteiger partial charge in [0.25, 0.3) is 0 Å². The molecule has 20 heavy (non-hydrogen) atoms. The Morgan fingerprint density at radius 3 is 1.90 bits per heavy atom. The molecule has 0 saturated heterocycles. The molecule has 0 unspecified atom stereocenters. The SMILES string of the molecule is CN(C(=O)C1(C(=O)O)CC1)C1C2CC3CC(C2)CC1C3. The molecule has 5 fully saturated rings. The molecular formula is C16H23NO3. The van der Waals surface area contributed by atoms with Gasteiger partial charge in [-0.1, -0.05) is 0 Å². The summed E-state index contributed by atoms with van der Waals surface area (Å²) in [5.41, 5.74) is -1.07. The van der Waals surface area contributed by atoms with E-state index in [4.69, 9.17) is 0 Å². The fourth-order valence-electron chi connectivity index (χ4n) is 5.65. The largest absolute Gasteiger partial charge is 0.480 e. The molecule has 1 amide bonds. The van der Waals surface area contributed by atoms with Gasteiger partial charge in [0, 0.05) is 13.1 Å². The van der Waals surface area contributed by atoms with Crippen LogP contribution in [-0.4, -0.2) is 35.0 Å². The molecule has 5 aliphatic rings. The van der Waals surface area contributed by atoms with Crippen LogP contribution >= 0.6 is 0 Å². The van der Waals surface area contributed by atoms with E-state index in [2.05, 4.69) is 0 Å². The van der Waals surface area contributed by atoms with E-state index >= 15 is 0 Å². The van der Waals surface area contributed by atoms with Crippen molar-refractivity contribution in [2.45, 2.75) is 51.0 Å². The van der Waals surface area contributed by atoms with Gasteiger partial charge >= 0.3 is 5.97 Å². The molecule has 0 aliphatic heterocycles. The van der Waals surface area contributed by atoms with E-state index in [-0.39, 0.29) is 5.91 Å². The van der Waals surface area contributed by atoms with Gasteiger partial charge in [0.1, 0.15) is 5.41 Å². The zero-order valence-electron chi connectivity index (χ0n) is 12.0. The molecule has 0 aromatic carbocycles. The first-order valence-corrected chi connectivity index (χ1v) is 8.02. The molecule has 5 aliphatic carbocycles. The number of hydrogen-bond donors (Lipinski definition) is 1. The first-order chi connectivity index (χ1) is 9.51. The second-order valence-electron chi connectivity index (χ2n) is 7.72. The van der Waals surface area contributed by atoms with Crippen LogP contribution in [-0.2, 0) is 9.59 Å². The summed E-state index contributed by atoms with van der Waals surface area (Å²) in [6, 6.07) is 0.312. The Labute approximate surface area is 119 Å². The average Bonchev–Trinajstić information content (AvgIpc) is 3.17. The highest BCUT2D eigenvalue weighted by atomic mass is 16.4. The second kappa shape index (κ2) is 3.99. The van der Waals surface area contributed by atoms with E-state index in [1.54, 1.807) is 0 Å². The maximum absolute atomic E-state index is 12.6. The normalized spacial score (nSPS) is 43.4. The Kier molecular flexibility index (Phi) is 2.52. The molecule has 0 aromatic heterocycles. The zero-order valence-corrected chi connectivity index (χ0v) is 12.0. The van der Waals surface area contributed by atoms with Crippen LogP contribution in [0.4, 0.5) is 0 Å². The lowest BCUT2D eigenvalue weighted by Gasteiger charge is -2.56. The van der Waals surface area contributed by atoms with E-state index in [9.17, 15) is 14.7 Å². The maximum Gasteiger partial charge on any atom is 0.319 e. The lowest BCUT2D eigenvalue weighted by molar-refractivity contribution is -0.158. The highest BCUT2D eigenvalue weighted by Crippen LogP contribution is 2.56. The van der Waals surface area contributed by atoms with Gasteiger partial charge in [-0.05, 0) is 68.6 Å². The van der Waals surface area contributed by atoms with Crippen molar-refractivity contribution in [2.24, 2.45) is 29.1 Å². The molecule has 0 radical (unpaired) electrons. The van der Waals surface area contributed by atoms with Crippen molar-refractivity contribution < 1.29 is 14.7 Å². The summed E-state index contributed by atoms with van der Waals surface area (Å²) in [7, 11) is 1.86. The summed E-state index contributed by atoms with van der Waals surface area (Å²) in [4.78, 5) is 25.8. The van der Waals surface area contributed by atoms with Gasteiger partial charge in [-0.2, -0.15) is 0 Å². The van der Waals surface area contributed by atoms with Crippen molar-refractivity contribution in [3.63, 3.8) is 0 Å². The Balaban J connectivity index is 1.56. The van der Waals surface area contributed by atoms with E-state index in [0.717, 1.165) is 11.8 Å². The lowest BCUT2D eigenvalue weighted by Crippen LogP contribution is -2.57. The number of hydrogen-bond acceptors (Lipinski definition) is 2. The van der Waals surface area contributed by atoms with Crippen LogP contribution in [0.1, 0.15) is 44.9 Å². The van der Waals surface area contributed by atoms with Crippen molar-refractivity contribution in [1.82, 2.24) is 4.90 Å². The fraction of sp³-hybridized carbons (Fsp3) is 0.875. The molecule has 4 heteroatoms.